The zero-order valence-corrected chi connectivity index (χ0v) is 28.9. The molecule has 3 aromatic heterocycles. The van der Waals surface area contributed by atoms with E-state index in [9.17, 15) is 0 Å². The molecule has 0 unspecified atom stereocenters. The van der Waals surface area contributed by atoms with E-state index in [0.717, 1.165) is 56.5 Å². The predicted octanol–water partition coefficient (Wildman–Crippen LogP) is -1.73. The molecule has 1 radical (unpaired) electrons. The summed E-state index contributed by atoms with van der Waals surface area (Å²) in [6.45, 7) is 1.12. The van der Waals surface area contributed by atoms with Crippen molar-refractivity contribution in [3.05, 3.63) is 127 Å². The molecule has 0 fully saturated rings. The number of para-hydroxylation sites is 6. The minimum absolute atomic E-state index is 0. The minimum Gasteiger partial charge on any atom is -1.00 e. The number of imidazole rings is 2. The fourth-order valence-electron chi connectivity index (χ4n) is 5.00. The second kappa shape index (κ2) is 16.2. The van der Waals surface area contributed by atoms with Crippen molar-refractivity contribution in [2.45, 2.75) is 13.3 Å². The molecule has 3 heterocycles. The van der Waals surface area contributed by atoms with Gasteiger partial charge in [0.2, 0.25) is 0 Å². The topological polar surface area (TPSA) is 72.6 Å². The number of aromatic nitrogens is 5. The molecule has 0 saturated heterocycles. The van der Waals surface area contributed by atoms with Gasteiger partial charge in [0.15, 0.2) is 11.6 Å². The summed E-state index contributed by atoms with van der Waals surface area (Å²) in [5.74, 6) is 1.60. The summed E-state index contributed by atoms with van der Waals surface area (Å²) in [5, 5.41) is 7.05. The molecule has 11 heteroatoms. The van der Waals surface area contributed by atoms with E-state index in [1.165, 1.54) is 0 Å². The van der Waals surface area contributed by atoms with Gasteiger partial charge in [-0.3, -0.25) is 0 Å². The largest absolute Gasteiger partial charge is 3.00 e. The Balaban J connectivity index is 0.00000132. The minimum atomic E-state index is 0. The van der Waals surface area contributed by atoms with Crippen molar-refractivity contribution in [1.82, 2.24) is 24.1 Å². The quantitative estimate of drug-likeness (QED) is 0.193. The Labute approximate surface area is 307 Å². The van der Waals surface area contributed by atoms with E-state index in [4.69, 9.17) is 15.0 Å². The average molecular weight is 772 g/mol. The number of hydrogen-bond donors (Lipinski definition) is 2. The number of rotatable bonds is 8. The molecule has 44 heavy (non-hydrogen) atoms. The first-order valence-corrected chi connectivity index (χ1v) is 13.3. The molecule has 0 atom stereocenters. The van der Waals surface area contributed by atoms with E-state index in [-0.39, 0.29) is 78.1 Å². The summed E-state index contributed by atoms with van der Waals surface area (Å²) in [4.78, 5) is 15.1. The molecule has 0 saturated carbocycles. The van der Waals surface area contributed by atoms with Gasteiger partial charge in [-0.1, -0.05) is 66.7 Å². The van der Waals surface area contributed by atoms with Crippen LogP contribution in [0.3, 0.4) is 0 Å². The molecule has 0 amide bonds. The van der Waals surface area contributed by atoms with Gasteiger partial charge in [-0.2, -0.15) is 0 Å². The molecule has 7 aromatic rings. The number of fused-ring (bicyclic) bond motifs is 2. The first-order valence-electron chi connectivity index (χ1n) is 13.3. The van der Waals surface area contributed by atoms with E-state index in [1.54, 1.807) is 0 Å². The summed E-state index contributed by atoms with van der Waals surface area (Å²) in [5.41, 5.74) is 7.63. The van der Waals surface area contributed by atoms with Crippen LogP contribution < -0.4 is 47.9 Å². The third-order valence-corrected chi connectivity index (χ3v) is 6.95. The van der Waals surface area contributed by atoms with Gasteiger partial charge in [-0.25, -0.2) is 15.0 Å². The molecule has 7 nitrogen and oxygen atoms in total. The van der Waals surface area contributed by atoms with E-state index in [2.05, 4.69) is 56.2 Å². The standard InChI is InChI=1S/C33H27N7.3ClH.Nd/c1-3-12-24(13-4-1)34-22-39-30-20-9-7-16-26(30)37-32(39)28-18-11-19-29(36-28)33-38-27-17-8-10-21-31(27)40(33)23-35-25-14-5-2-6-15-25;;;;/h1-21,34-35H,22-23H2;3*1H;/q;;;;+3/p-3. The van der Waals surface area contributed by atoms with Crippen molar-refractivity contribution in [3.63, 3.8) is 0 Å². The van der Waals surface area contributed by atoms with Crippen LogP contribution in [0.5, 0.6) is 0 Å². The van der Waals surface area contributed by atoms with Crippen molar-refractivity contribution in [1.29, 1.82) is 0 Å². The molecule has 0 aliphatic rings. The molecule has 0 bridgehead atoms. The third-order valence-electron chi connectivity index (χ3n) is 6.95. The van der Waals surface area contributed by atoms with Crippen LogP contribution in [0.4, 0.5) is 11.4 Å². The van der Waals surface area contributed by atoms with Crippen molar-refractivity contribution in [2.75, 3.05) is 10.6 Å². The van der Waals surface area contributed by atoms with Crippen LogP contribution >= 0.6 is 0 Å². The fourth-order valence-corrected chi connectivity index (χ4v) is 5.00. The van der Waals surface area contributed by atoms with Gasteiger partial charge in [0.05, 0.1) is 35.4 Å². The first kappa shape index (κ1) is 35.3. The van der Waals surface area contributed by atoms with Gasteiger partial charge in [-0.05, 0) is 60.7 Å². The zero-order valence-electron chi connectivity index (χ0n) is 23.4. The Morgan fingerprint density at radius 3 is 1.25 bits per heavy atom. The molecule has 4 aromatic carbocycles. The number of anilines is 2. The van der Waals surface area contributed by atoms with Crippen LogP contribution in [-0.4, -0.2) is 24.1 Å². The summed E-state index contributed by atoms with van der Waals surface area (Å²) >= 11 is 0. The van der Waals surface area contributed by atoms with Gasteiger partial charge in [-0.15, -0.1) is 0 Å². The van der Waals surface area contributed by atoms with Crippen LogP contribution in [0.2, 0.25) is 0 Å². The van der Waals surface area contributed by atoms with Crippen molar-refractivity contribution < 1.29 is 78.1 Å². The Hall–Kier alpha value is -3.21. The maximum atomic E-state index is 5.11. The first-order chi connectivity index (χ1) is 19.8. The van der Waals surface area contributed by atoms with Crippen LogP contribution in [0.15, 0.2) is 127 Å². The number of benzene rings is 4. The number of pyridine rings is 1. The second-order valence-electron chi connectivity index (χ2n) is 9.51. The molecule has 2 N–H and O–H groups in total. The van der Waals surface area contributed by atoms with Gasteiger partial charge in [0, 0.05) is 11.4 Å². The molecule has 0 aliphatic heterocycles. The van der Waals surface area contributed by atoms with E-state index in [1.807, 2.05) is 91.0 Å². The number of halogens is 3. The van der Waals surface area contributed by atoms with E-state index >= 15 is 0 Å². The molecule has 7 rings (SSSR count). The zero-order chi connectivity index (χ0) is 26.7. The van der Waals surface area contributed by atoms with Crippen LogP contribution in [0, 0.1) is 40.8 Å². The number of nitrogens with one attached hydrogen (secondary N) is 2. The third kappa shape index (κ3) is 7.35. The Morgan fingerprint density at radius 2 is 0.818 bits per heavy atom. The van der Waals surface area contributed by atoms with Crippen LogP contribution in [0.25, 0.3) is 45.1 Å². The second-order valence-corrected chi connectivity index (χ2v) is 9.51. The van der Waals surface area contributed by atoms with E-state index < -0.39 is 0 Å². The Kier molecular flexibility index (Phi) is 13.0. The maximum absolute atomic E-state index is 5.11. The smallest absolute Gasteiger partial charge is 1.00 e. The normalized spacial score (nSPS) is 10.2. The molecule has 219 valence electrons. The fraction of sp³-hybridized carbons (Fsp3) is 0.0606. The van der Waals surface area contributed by atoms with Crippen molar-refractivity contribution in [2.24, 2.45) is 0 Å². The number of nitrogens with zero attached hydrogens (tertiary/aromatic N) is 5. The molecule has 0 spiro atoms. The summed E-state index contributed by atoms with van der Waals surface area (Å²) < 4.78 is 4.35. The Bertz CT molecular complexity index is 1790. The maximum Gasteiger partial charge on any atom is 3.00 e. The van der Waals surface area contributed by atoms with Gasteiger partial charge in [0.25, 0.3) is 0 Å². The number of hydrogen-bond acceptors (Lipinski definition) is 5. The molecule has 0 aliphatic carbocycles. The predicted molar refractivity (Wildman–Crippen MR) is 162 cm³/mol. The van der Waals surface area contributed by atoms with Gasteiger partial charge >= 0.3 is 40.8 Å². The van der Waals surface area contributed by atoms with E-state index in [0.29, 0.717) is 13.3 Å². The monoisotopic (exact) mass is 768 g/mol. The van der Waals surface area contributed by atoms with Crippen molar-refractivity contribution in [3.8, 4) is 23.0 Å². The van der Waals surface area contributed by atoms with Crippen molar-refractivity contribution >= 4 is 33.4 Å². The van der Waals surface area contributed by atoms with Gasteiger partial charge < -0.3 is 57.0 Å². The Morgan fingerprint density at radius 1 is 0.432 bits per heavy atom. The van der Waals surface area contributed by atoms with Crippen LogP contribution in [-0.2, 0) is 13.3 Å². The van der Waals surface area contributed by atoms with Gasteiger partial charge in [0.1, 0.15) is 11.4 Å². The molecular weight excluding hydrogens is 745 g/mol. The molecular formula is C33H27Cl3N7Nd. The van der Waals surface area contributed by atoms with Crippen LogP contribution in [0.1, 0.15) is 0 Å². The summed E-state index contributed by atoms with van der Waals surface area (Å²) in [6, 6.07) is 42.8. The summed E-state index contributed by atoms with van der Waals surface area (Å²) in [7, 11) is 0. The SMILES string of the molecule is [Cl-].[Cl-].[Cl-].[Nd+3].c1ccc(NCn2c(-c3cccc(-c4nc5ccccc5n4CNc4ccccc4)n3)nc3ccccc32)cc1. The summed E-state index contributed by atoms with van der Waals surface area (Å²) in [6.07, 6.45) is 0. The average Bonchev–Trinajstić information content (AvgIpc) is 3.59.